The number of nitrogens with zero attached hydrogens (tertiary/aromatic N) is 2. The van der Waals surface area contributed by atoms with Crippen molar-refractivity contribution in [1.82, 2.24) is 9.97 Å². The zero-order chi connectivity index (χ0) is 10.1. The van der Waals surface area contributed by atoms with Gasteiger partial charge < -0.3 is 5.73 Å². The second-order valence-electron chi connectivity index (χ2n) is 2.93. The van der Waals surface area contributed by atoms with Gasteiger partial charge in [-0.15, -0.1) is 22.7 Å². The Morgan fingerprint density at radius 3 is 2.79 bits per heavy atom. The first-order valence-electron chi connectivity index (χ1n) is 4.38. The Morgan fingerprint density at radius 2 is 2.21 bits per heavy atom. The predicted molar refractivity (Wildman–Crippen MR) is 61.7 cm³/mol. The number of hydrogen-bond acceptors (Lipinski definition) is 5. The minimum atomic E-state index is 0.619. The highest BCUT2D eigenvalue weighted by Gasteiger charge is 2.11. The van der Waals surface area contributed by atoms with Crippen LogP contribution >= 0.6 is 22.7 Å². The summed E-state index contributed by atoms with van der Waals surface area (Å²) < 4.78 is 0. The molecule has 0 aromatic carbocycles. The molecular formula is C9H11N3S2. The maximum atomic E-state index is 5.61. The number of rotatable bonds is 2. The summed E-state index contributed by atoms with van der Waals surface area (Å²) in [4.78, 5) is 9.89. The number of nitrogen functional groups attached to an aromatic ring is 1. The molecule has 5 heteroatoms. The van der Waals surface area contributed by atoms with Crippen molar-refractivity contribution in [3.05, 3.63) is 16.1 Å². The van der Waals surface area contributed by atoms with Crippen molar-refractivity contribution in [3.63, 3.8) is 0 Å². The fourth-order valence-electron chi connectivity index (χ4n) is 1.30. The van der Waals surface area contributed by atoms with Gasteiger partial charge >= 0.3 is 0 Å². The number of anilines is 1. The van der Waals surface area contributed by atoms with Crippen molar-refractivity contribution in [1.29, 1.82) is 0 Å². The van der Waals surface area contributed by atoms with Gasteiger partial charge in [0.1, 0.15) is 0 Å². The van der Waals surface area contributed by atoms with Crippen molar-refractivity contribution in [2.45, 2.75) is 20.3 Å². The highest BCUT2D eigenvalue weighted by molar-refractivity contribution is 7.16. The number of hydrogen-bond donors (Lipinski definition) is 1. The Balaban J connectivity index is 2.49. The fourth-order valence-corrected chi connectivity index (χ4v) is 2.90. The number of aromatic nitrogens is 2. The normalized spacial score (nSPS) is 10.7. The third kappa shape index (κ3) is 1.65. The Bertz CT molecular complexity index is 445. The summed E-state index contributed by atoms with van der Waals surface area (Å²) in [6.07, 6.45) is 0.942. The van der Waals surface area contributed by atoms with Gasteiger partial charge in [0, 0.05) is 5.38 Å². The Morgan fingerprint density at radius 1 is 1.43 bits per heavy atom. The molecule has 2 rings (SSSR count). The Labute approximate surface area is 90.6 Å². The lowest BCUT2D eigenvalue weighted by atomic mass is 10.2. The van der Waals surface area contributed by atoms with Crippen molar-refractivity contribution in [2.75, 3.05) is 5.73 Å². The van der Waals surface area contributed by atoms with Crippen molar-refractivity contribution >= 4 is 27.8 Å². The number of thiazole rings is 2. The molecule has 2 aromatic rings. The third-order valence-electron chi connectivity index (χ3n) is 1.89. The molecule has 0 fully saturated rings. The highest BCUT2D eigenvalue weighted by Crippen LogP contribution is 2.31. The maximum absolute atomic E-state index is 5.61. The van der Waals surface area contributed by atoms with E-state index in [4.69, 9.17) is 5.73 Å². The number of nitrogens with two attached hydrogens (primary N) is 1. The van der Waals surface area contributed by atoms with E-state index in [2.05, 4.69) is 16.9 Å². The molecular weight excluding hydrogens is 214 g/mol. The summed E-state index contributed by atoms with van der Waals surface area (Å²) in [7, 11) is 0. The molecule has 0 amide bonds. The van der Waals surface area contributed by atoms with Crippen LogP contribution in [0.4, 0.5) is 5.13 Å². The summed E-state index contributed by atoms with van der Waals surface area (Å²) in [5, 5.41) is 3.69. The van der Waals surface area contributed by atoms with Crippen LogP contribution in [0, 0.1) is 6.92 Å². The Kier molecular flexibility index (Phi) is 2.52. The van der Waals surface area contributed by atoms with Crippen LogP contribution in [0.15, 0.2) is 5.38 Å². The van der Waals surface area contributed by atoms with Gasteiger partial charge in [-0.1, -0.05) is 6.92 Å². The van der Waals surface area contributed by atoms with Gasteiger partial charge in [0.05, 0.1) is 21.3 Å². The average molecular weight is 225 g/mol. The Hall–Kier alpha value is -0.940. The standard InChI is InChI=1S/C9H11N3S2/c1-3-6-8(14-5(2)11-6)7-4-13-9(10)12-7/h4H,3H2,1-2H3,(H2,10,12). The molecule has 0 saturated carbocycles. The van der Waals surface area contributed by atoms with Crippen molar-refractivity contribution < 1.29 is 0 Å². The first-order valence-corrected chi connectivity index (χ1v) is 6.08. The maximum Gasteiger partial charge on any atom is 0.180 e. The van der Waals surface area contributed by atoms with E-state index in [1.54, 1.807) is 11.3 Å². The first-order chi connectivity index (χ1) is 6.70. The summed E-state index contributed by atoms with van der Waals surface area (Å²) in [6, 6.07) is 0. The topological polar surface area (TPSA) is 51.8 Å². The van der Waals surface area contributed by atoms with Crippen LogP contribution in [0.3, 0.4) is 0 Å². The van der Waals surface area contributed by atoms with E-state index in [9.17, 15) is 0 Å². The first kappa shape index (κ1) is 9.61. The molecule has 2 N–H and O–H groups in total. The van der Waals surface area contributed by atoms with Crippen LogP contribution in [0.1, 0.15) is 17.6 Å². The van der Waals surface area contributed by atoms with Gasteiger partial charge in [0.25, 0.3) is 0 Å². The largest absolute Gasteiger partial charge is 0.375 e. The second kappa shape index (κ2) is 3.67. The SMILES string of the molecule is CCc1nc(C)sc1-c1csc(N)n1. The molecule has 0 aliphatic rings. The lowest BCUT2D eigenvalue weighted by Crippen LogP contribution is -1.85. The van der Waals surface area contributed by atoms with Crippen molar-refractivity contribution in [3.8, 4) is 10.6 Å². The summed E-state index contributed by atoms with van der Waals surface area (Å²) >= 11 is 3.16. The smallest absolute Gasteiger partial charge is 0.180 e. The average Bonchev–Trinajstić information content (AvgIpc) is 2.71. The molecule has 0 saturated heterocycles. The van der Waals surface area contributed by atoms with Crippen LogP contribution in [-0.4, -0.2) is 9.97 Å². The van der Waals surface area contributed by atoms with Crippen LogP contribution in [-0.2, 0) is 6.42 Å². The molecule has 0 aliphatic heterocycles. The molecule has 0 radical (unpaired) electrons. The van der Waals surface area contributed by atoms with Crippen LogP contribution in [0.25, 0.3) is 10.6 Å². The van der Waals surface area contributed by atoms with Crippen LogP contribution < -0.4 is 5.73 Å². The summed E-state index contributed by atoms with van der Waals surface area (Å²) in [5.74, 6) is 0. The molecule has 0 unspecified atom stereocenters. The van der Waals surface area contributed by atoms with E-state index in [1.165, 1.54) is 11.3 Å². The highest BCUT2D eigenvalue weighted by atomic mass is 32.1. The quantitative estimate of drug-likeness (QED) is 0.855. The van der Waals surface area contributed by atoms with Crippen LogP contribution in [0.2, 0.25) is 0 Å². The number of aryl methyl sites for hydroxylation is 2. The van der Waals surface area contributed by atoms with E-state index < -0.39 is 0 Å². The molecule has 0 bridgehead atoms. The van der Waals surface area contributed by atoms with Gasteiger partial charge in [0.15, 0.2) is 5.13 Å². The predicted octanol–water partition coefficient (Wildman–Crippen LogP) is 2.72. The summed E-state index contributed by atoms with van der Waals surface area (Å²) in [6.45, 7) is 4.12. The van der Waals surface area contributed by atoms with E-state index >= 15 is 0 Å². The van der Waals surface area contributed by atoms with E-state index in [0.717, 1.165) is 27.7 Å². The van der Waals surface area contributed by atoms with Crippen LogP contribution in [0.5, 0.6) is 0 Å². The van der Waals surface area contributed by atoms with Crippen molar-refractivity contribution in [2.24, 2.45) is 0 Å². The minimum Gasteiger partial charge on any atom is -0.375 e. The van der Waals surface area contributed by atoms with Gasteiger partial charge in [-0.05, 0) is 13.3 Å². The molecule has 0 spiro atoms. The van der Waals surface area contributed by atoms with Gasteiger partial charge in [-0.2, -0.15) is 0 Å². The molecule has 74 valence electrons. The van der Waals surface area contributed by atoms with E-state index in [-0.39, 0.29) is 0 Å². The van der Waals surface area contributed by atoms with Gasteiger partial charge in [-0.3, -0.25) is 0 Å². The molecule has 14 heavy (non-hydrogen) atoms. The molecule has 2 heterocycles. The minimum absolute atomic E-state index is 0.619. The molecule has 0 aliphatic carbocycles. The third-order valence-corrected chi connectivity index (χ3v) is 3.60. The lowest BCUT2D eigenvalue weighted by molar-refractivity contribution is 1.04. The molecule has 2 aromatic heterocycles. The molecule has 3 nitrogen and oxygen atoms in total. The monoisotopic (exact) mass is 225 g/mol. The zero-order valence-corrected chi connectivity index (χ0v) is 9.71. The van der Waals surface area contributed by atoms with Gasteiger partial charge in [-0.25, -0.2) is 9.97 Å². The lowest BCUT2D eigenvalue weighted by Gasteiger charge is -1.93. The summed E-state index contributed by atoms with van der Waals surface area (Å²) in [5.41, 5.74) is 7.70. The molecule has 0 atom stereocenters. The fraction of sp³-hybridized carbons (Fsp3) is 0.333. The zero-order valence-electron chi connectivity index (χ0n) is 8.07. The van der Waals surface area contributed by atoms with E-state index in [0.29, 0.717) is 5.13 Å². The second-order valence-corrected chi connectivity index (χ2v) is 5.03. The van der Waals surface area contributed by atoms with E-state index in [1.807, 2.05) is 12.3 Å². The van der Waals surface area contributed by atoms with Gasteiger partial charge in [0.2, 0.25) is 0 Å².